The van der Waals surface area contributed by atoms with Gasteiger partial charge in [-0.1, -0.05) is 43.9 Å². The number of benzene rings is 2. The number of carbonyl (C=O) groups excluding carboxylic acids is 6. The Bertz CT molecular complexity index is 2370. The third-order valence-electron chi connectivity index (χ3n) is 13.0. The molecule has 1 aromatic heterocycles. The van der Waals surface area contributed by atoms with Gasteiger partial charge in [-0.3, -0.25) is 39.0 Å². The molecule has 4 aliphatic rings. The number of unbranched alkanes of at least 4 members (excludes halogenated alkanes) is 5. The van der Waals surface area contributed by atoms with Crippen LogP contribution in [0.2, 0.25) is 0 Å². The Morgan fingerprint density at radius 3 is 2.12 bits per heavy atom. The smallest absolute Gasteiger partial charge is 0.264 e. The Labute approximate surface area is 426 Å². The first-order chi connectivity index (χ1) is 35.7. The standard InChI is InChI=1S/C53H69N7O13/c61-45-13-7-6-10-41(45)46(62)18-22-58-36-39-34-38(58)37-59(39)47-35-40(17-19-55-47)73-23-8-4-2-1-3-5-14-48(63)56-21-25-69-27-29-71-31-33-72-32-30-70-28-26-68-24-20-54-43-12-9-11-42-50(43)53(67)60(52(42)66)44-15-16-49(64)57-51(44)65/h6-7,9-13,17-19,22,35,38-39,44,54,61H,1-5,8,14-16,20-21,23-34,36-37H2,(H,56,63)(H,57,64,65)/b22-18+/t38-,39-,44?/m1/s1. The highest BCUT2D eigenvalue weighted by atomic mass is 16.6. The molecule has 3 atom stereocenters. The van der Waals surface area contributed by atoms with Crippen LogP contribution < -0.4 is 25.6 Å². The minimum Gasteiger partial charge on any atom is -0.507 e. The summed E-state index contributed by atoms with van der Waals surface area (Å²) in [4.78, 5) is 85.0. The van der Waals surface area contributed by atoms with Gasteiger partial charge >= 0.3 is 0 Å². The molecule has 3 aromatic rings. The van der Waals surface area contributed by atoms with Gasteiger partial charge in [-0.25, -0.2) is 4.98 Å². The van der Waals surface area contributed by atoms with Gasteiger partial charge in [0.25, 0.3) is 11.8 Å². The molecule has 4 aliphatic heterocycles. The average molecular weight is 1010 g/mol. The van der Waals surface area contributed by atoms with Crippen LogP contribution in [0.5, 0.6) is 11.5 Å². The molecule has 0 saturated carbocycles. The third-order valence-corrected chi connectivity index (χ3v) is 13.0. The topological polar surface area (TPSA) is 237 Å². The number of phenols is 1. The summed E-state index contributed by atoms with van der Waals surface area (Å²) >= 11 is 0. The van der Waals surface area contributed by atoms with Crippen LogP contribution in [-0.4, -0.2) is 172 Å². The van der Waals surface area contributed by atoms with Gasteiger partial charge in [0.2, 0.25) is 17.7 Å². The predicted octanol–water partition coefficient (Wildman–Crippen LogP) is 4.27. The second kappa shape index (κ2) is 28.7. The lowest BCUT2D eigenvalue weighted by Gasteiger charge is -2.34. The number of allylic oxidation sites excluding steroid dienone is 1. The minimum atomic E-state index is -1.02. The van der Waals surface area contributed by atoms with E-state index in [0.29, 0.717) is 116 Å². The number of likely N-dealkylation sites (tertiary alicyclic amines) is 1. The number of piperazine rings is 1. The van der Waals surface area contributed by atoms with E-state index in [0.717, 1.165) is 74.5 Å². The second-order valence-corrected chi connectivity index (χ2v) is 18.2. The Balaban J connectivity index is 0.596. The van der Waals surface area contributed by atoms with E-state index in [2.05, 4.69) is 30.7 Å². The van der Waals surface area contributed by atoms with Crippen molar-refractivity contribution in [1.29, 1.82) is 0 Å². The second-order valence-electron chi connectivity index (χ2n) is 18.2. The van der Waals surface area contributed by atoms with E-state index in [4.69, 9.17) is 28.4 Å². The van der Waals surface area contributed by atoms with Crippen molar-refractivity contribution in [1.82, 2.24) is 25.4 Å². The largest absolute Gasteiger partial charge is 0.507 e. The van der Waals surface area contributed by atoms with Crippen molar-refractivity contribution >= 4 is 46.8 Å². The fourth-order valence-electron chi connectivity index (χ4n) is 9.28. The number of nitrogens with one attached hydrogen (secondary N) is 3. The van der Waals surface area contributed by atoms with Crippen molar-refractivity contribution in [2.24, 2.45) is 0 Å². The monoisotopic (exact) mass is 1010 g/mol. The zero-order valence-corrected chi connectivity index (χ0v) is 41.5. The van der Waals surface area contributed by atoms with Gasteiger partial charge in [0.1, 0.15) is 23.4 Å². The average Bonchev–Trinajstić information content (AvgIpc) is 4.07. The van der Waals surface area contributed by atoms with Crippen molar-refractivity contribution in [2.75, 3.05) is 109 Å². The van der Waals surface area contributed by atoms with E-state index < -0.39 is 29.7 Å². The molecule has 1 unspecified atom stereocenters. The van der Waals surface area contributed by atoms with E-state index in [-0.39, 0.29) is 41.4 Å². The highest BCUT2D eigenvalue weighted by Gasteiger charge is 2.46. The number of anilines is 2. The minimum absolute atomic E-state index is 0.00931. The Morgan fingerprint density at radius 1 is 0.740 bits per heavy atom. The summed E-state index contributed by atoms with van der Waals surface area (Å²) in [5.74, 6) is -0.648. The van der Waals surface area contributed by atoms with Crippen LogP contribution in [-0.2, 0) is 38.1 Å². The summed E-state index contributed by atoms with van der Waals surface area (Å²) in [6, 6.07) is 15.0. The lowest BCUT2D eigenvalue weighted by atomic mass is 10.0. The maximum atomic E-state index is 13.2. The fourth-order valence-corrected chi connectivity index (χ4v) is 9.28. The van der Waals surface area contributed by atoms with Gasteiger partial charge in [-0.05, 0) is 56.0 Å². The van der Waals surface area contributed by atoms with Crippen molar-refractivity contribution in [3.8, 4) is 11.5 Å². The van der Waals surface area contributed by atoms with Gasteiger partial charge in [0.15, 0.2) is 5.78 Å². The number of ketones is 1. The van der Waals surface area contributed by atoms with E-state index in [1.807, 2.05) is 18.3 Å². The maximum absolute atomic E-state index is 13.2. The molecule has 5 heterocycles. The van der Waals surface area contributed by atoms with E-state index in [1.54, 1.807) is 48.7 Å². The fraction of sp³-hybridized carbons (Fsp3) is 0.528. The van der Waals surface area contributed by atoms with E-state index in [1.165, 1.54) is 6.07 Å². The normalized spacial score (nSPS) is 18.2. The quantitative estimate of drug-likeness (QED) is 0.0283. The molecule has 0 spiro atoms. The lowest BCUT2D eigenvalue weighted by Crippen LogP contribution is -2.54. The molecule has 3 saturated heterocycles. The summed E-state index contributed by atoms with van der Waals surface area (Å²) in [6.45, 7) is 7.08. The number of amides is 5. The molecular weight excluding hydrogens is 943 g/mol. The number of hydrogen-bond donors (Lipinski definition) is 4. The molecule has 394 valence electrons. The summed E-state index contributed by atoms with van der Waals surface area (Å²) in [6.07, 6.45) is 12.9. The predicted molar refractivity (Wildman–Crippen MR) is 269 cm³/mol. The summed E-state index contributed by atoms with van der Waals surface area (Å²) in [7, 11) is 0. The number of fused-ring (bicyclic) bond motifs is 3. The van der Waals surface area contributed by atoms with Gasteiger partial charge < -0.3 is 54.0 Å². The number of carbonyl (C=O) groups is 6. The summed E-state index contributed by atoms with van der Waals surface area (Å²) in [5.41, 5.74) is 1.19. The SMILES string of the molecule is O=C(CCCCCCCCOc1ccnc(N2C[C@H]3C[C@@H]2CN3/C=C/C(=O)c2ccccc2O)c1)NCCOCCOCCOCCOCCOCCNc1cccc2c1C(=O)N(C1CCC(=O)NC1=O)C2=O. The molecule has 20 heteroatoms. The molecule has 73 heavy (non-hydrogen) atoms. The molecule has 0 radical (unpaired) electrons. The number of nitrogens with zero attached hydrogens (tertiary/aromatic N) is 4. The molecule has 4 N–H and O–H groups in total. The molecule has 3 fully saturated rings. The zero-order valence-electron chi connectivity index (χ0n) is 41.5. The molecular formula is C53H69N7O13. The Kier molecular flexibility index (Phi) is 21.4. The Hall–Kier alpha value is -6.45. The Morgan fingerprint density at radius 2 is 1.42 bits per heavy atom. The molecule has 2 bridgehead atoms. The number of hydrogen-bond acceptors (Lipinski definition) is 17. The van der Waals surface area contributed by atoms with Crippen LogP contribution in [0.4, 0.5) is 11.5 Å². The first-order valence-electron chi connectivity index (χ1n) is 25.5. The number of rotatable bonds is 34. The van der Waals surface area contributed by atoms with Crippen LogP contribution in [0.3, 0.4) is 0 Å². The van der Waals surface area contributed by atoms with Crippen LogP contribution >= 0.6 is 0 Å². The molecule has 0 aliphatic carbocycles. The van der Waals surface area contributed by atoms with E-state index >= 15 is 0 Å². The van der Waals surface area contributed by atoms with Crippen LogP contribution in [0.15, 0.2) is 73.1 Å². The number of aromatic nitrogens is 1. The lowest BCUT2D eigenvalue weighted by molar-refractivity contribution is -0.136. The third kappa shape index (κ3) is 16.0. The van der Waals surface area contributed by atoms with Gasteiger partial charge in [0.05, 0.1) is 89.4 Å². The van der Waals surface area contributed by atoms with Crippen molar-refractivity contribution in [3.05, 3.63) is 89.8 Å². The zero-order chi connectivity index (χ0) is 51.2. The first kappa shape index (κ1) is 54.3. The van der Waals surface area contributed by atoms with Gasteiger partial charge in [-0.15, -0.1) is 0 Å². The van der Waals surface area contributed by atoms with Gasteiger partial charge in [-0.2, -0.15) is 0 Å². The van der Waals surface area contributed by atoms with Crippen LogP contribution in [0, 0.1) is 0 Å². The number of imide groups is 2. The summed E-state index contributed by atoms with van der Waals surface area (Å²) < 4.78 is 33.9. The van der Waals surface area contributed by atoms with Gasteiger partial charge in [0, 0.05) is 81.3 Å². The van der Waals surface area contributed by atoms with Crippen molar-refractivity contribution in [3.63, 3.8) is 0 Å². The number of phenolic OH excluding ortho intramolecular Hbond substituents is 1. The number of piperidine rings is 1. The van der Waals surface area contributed by atoms with E-state index in [9.17, 15) is 33.9 Å². The van der Waals surface area contributed by atoms with Crippen molar-refractivity contribution < 1.29 is 62.3 Å². The number of ether oxygens (including phenoxy) is 6. The number of aromatic hydroxyl groups is 1. The summed E-state index contributed by atoms with van der Waals surface area (Å²) in [5, 5.41) is 18.2. The highest BCUT2D eigenvalue weighted by molar-refractivity contribution is 6.25. The molecule has 5 amide bonds. The molecule has 20 nitrogen and oxygen atoms in total. The number of para-hydroxylation sites is 1. The number of pyridine rings is 1. The van der Waals surface area contributed by atoms with Crippen LogP contribution in [0.25, 0.3) is 0 Å². The van der Waals surface area contributed by atoms with Crippen LogP contribution in [0.1, 0.15) is 95.3 Å². The first-order valence-corrected chi connectivity index (χ1v) is 25.5. The molecule has 7 rings (SSSR count). The highest BCUT2D eigenvalue weighted by Crippen LogP contribution is 2.36. The molecule has 2 aromatic carbocycles. The van der Waals surface area contributed by atoms with Crippen molar-refractivity contribution in [2.45, 2.75) is 82.3 Å². The maximum Gasteiger partial charge on any atom is 0.264 e.